The van der Waals surface area contributed by atoms with Gasteiger partial charge in [0.1, 0.15) is 11.5 Å². The van der Waals surface area contributed by atoms with E-state index >= 15 is 0 Å². The molecule has 0 radical (unpaired) electrons. The fourth-order valence-electron chi connectivity index (χ4n) is 1.70. The maximum absolute atomic E-state index is 12.3. The number of hydrogen-bond acceptors (Lipinski definition) is 5. The summed E-state index contributed by atoms with van der Waals surface area (Å²) in [6.45, 7) is 5.06. The molecule has 0 aliphatic rings. The molecule has 0 aliphatic carbocycles. The lowest BCUT2D eigenvalue weighted by Crippen LogP contribution is -2.35. The highest BCUT2D eigenvalue weighted by atomic mass is 16.2. The quantitative estimate of drug-likeness (QED) is 0.596. The number of rotatable bonds is 6. The first-order valence-electron chi connectivity index (χ1n) is 6.18. The van der Waals surface area contributed by atoms with Gasteiger partial charge in [0.05, 0.1) is 12.5 Å². The van der Waals surface area contributed by atoms with Crippen molar-refractivity contribution in [3.05, 3.63) is 23.9 Å². The van der Waals surface area contributed by atoms with Crippen LogP contribution in [-0.4, -0.2) is 28.9 Å². The summed E-state index contributed by atoms with van der Waals surface area (Å²) in [6.07, 6.45) is 0.313. The summed E-state index contributed by atoms with van der Waals surface area (Å²) < 4.78 is 0. The monoisotopic (exact) mass is 261 g/mol. The molecule has 1 amide bonds. The Morgan fingerprint density at radius 2 is 2.32 bits per heavy atom. The van der Waals surface area contributed by atoms with E-state index in [0.29, 0.717) is 36.9 Å². The fraction of sp³-hybridized carbons (Fsp3) is 0.462. The number of carbonyl (C=O) groups excluding carboxylic acids is 1. The van der Waals surface area contributed by atoms with Crippen LogP contribution < -0.4 is 11.3 Å². The molecule has 0 bridgehead atoms. The fourth-order valence-corrected chi connectivity index (χ4v) is 1.70. The van der Waals surface area contributed by atoms with Crippen LogP contribution in [0, 0.1) is 17.2 Å². The molecule has 1 rings (SSSR count). The van der Waals surface area contributed by atoms with Gasteiger partial charge in [0.25, 0.3) is 5.91 Å². The van der Waals surface area contributed by atoms with Gasteiger partial charge in [-0.25, -0.2) is 10.8 Å². The molecule has 3 N–H and O–H groups in total. The third-order valence-corrected chi connectivity index (χ3v) is 2.48. The van der Waals surface area contributed by atoms with Gasteiger partial charge in [0, 0.05) is 13.1 Å². The summed E-state index contributed by atoms with van der Waals surface area (Å²) in [7, 11) is 0. The second-order valence-corrected chi connectivity index (χ2v) is 4.61. The van der Waals surface area contributed by atoms with Gasteiger partial charge in [-0.2, -0.15) is 5.26 Å². The predicted octanol–water partition coefficient (Wildman–Crippen LogP) is 1.38. The average Bonchev–Trinajstić information content (AvgIpc) is 2.42. The standard InChI is InChI=1S/C13H19N5O/c1-10(2)9-18(8-4-7-14)13(19)11-5-3-6-12(16-11)17-15/h3,5-6,10H,4,8-9,15H2,1-2H3,(H,16,17). The third-order valence-electron chi connectivity index (χ3n) is 2.48. The predicted molar refractivity (Wildman–Crippen MR) is 73.0 cm³/mol. The van der Waals surface area contributed by atoms with E-state index in [2.05, 4.69) is 16.5 Å². The van der Waals surface area contributed by atoms with E-state index in [4.69, 9.17) is 11.1 Å². The molecule has 102 valence electrons. The second kappa shape index (κ2) is 7.34. The maximum Gasteiger partial charge on any atom is 0.272 e. The Morgan fingerprint density at radius 3 is 2.89 bits per heavy atom. The smallest absolute Gasteiger partial charge is 0.272 e. The van der Waals surface area contributed by atoms with Gasteiger partial charge in [-0.3, -0.25) is 4.79 Å². The molecule has 0 aliphatic heterocycles. The number of carbonyl (C=O) groups is 1. The molecule has 0 saturated heterocycles. The Bertz CT molecular complexity index is 466. The molecular weight excluding hydrogens is 242 g/mol. The highest BCUT2D eigenvalue weighted by Gasteiger charge is 2.18. The number of nitriles is 1. The first-order chi connectivity index (χ1) is 9.08. The van der Waals surface area contributed by atoms with E-state index in [1.807, 2.05) is 13.8 Å². The molecule has 0 atom stereocenters. The third kappa shape index (κ3) is 4.56. The van der Waals surface area contributed by atoms with E-state index in [0.717, 1.165) is 0 Å². The number of nitrogen functional groups attached to an aromatic ring is 1. The van der Waals surface area contributed by atoms with Crippen molar-refractivity contribution in [3.8, 4) is 6.07 Å². The molecule has 1 aromatic rings. The lowest BCUT2D eigenvalue weighted by molar-refractivity contribution is 0.0734. The SMILES string of the molecule is CC(C)CN(CCC#N)C(=O)c1cccc(NN)n1. The van der Waals surface area contributed by atoms with Gasteiger partial charge < -0.3 is 10.3 Å². The van der Waals surface area contributed by atoms with Crippen molar-refractivity contribution < 1.29 is 4.79 Å². The summed E-state index contributed by atoms with van der Waals surface area (Å²) in [5.74, 6) is 5.87. The van der Waals surface area contributed by atoms with Crippen LogP contribution in [0.3, 0.4) is 0 Å². The highest BCUT2D eigenvalue weighted by molar-refractivity contribution is 5.92. The first-order valence-corrected chi connectivity index (χ1v) is 6.18. The summed E-state index contributed by atoms with van der Waals surface area (Å²) in [5.41, 5.74) is 2.74. The van der Waals surface area contributed by atoms with Crippen molar-refractivity contribution in [1.29, 1.82) is 5.26 Å². The number of hydrazine groups is 1. The van der Waals surface area contributed by atoms with Gasteiger partial charge in [0.15, 0.2) is 0 Å². The van der Waals surface area contributed by atoms with Crippen molar-refractivity contribution in [1.82, 2.24) is 9.88 Å². The van der Waals surface area contributed by atoms with Crippen LogP contribution in [0.5, 0.6) is 0 Å². The lowest BCUT2D eigenvalue weighted by Gasteiger charge is -2.23. The molecule has 0 saturated carbocycles. The molecule has 0 aromatic carbocycles. The minimum Gasteiger partial charge on any atom is -0.336 e. The van der Waals surface area contributed by atoms with Crippen LogP contribution >= 0.6 is 0 Å². The number of nitrogens with zero attached hydrogens (tertiary/aromatic N) is 3. The molecule has 0 fully saturated rings. The first kappa shape index (κ1) is 14.9. The summed E-state index contributed by atoms with van der Waals surface area (Å²) in [4.78, 5) is 18.1. The van der Waals surface area contributed by atoms with E-state index in [-0.39, 0.29) is 5.91 Å². The van der Waals surface area contributed by atoms with Crippen LogP contribution in [0.4, 0.5) is 5.82 Å². The highest BCUT2D eigenvalue weighted by Crippen LogP contribution is 2.09. The molecule has 0 spiro atoms. The van der Waals surface area contributed by atoms with E-state index in [1.165, 1.54) is 0 Å². The number of hydrogen-bond donors (Lipinski definition) is 2. The number of nitrogens with one attached hydrogen (secondary N) is 1. The Morgan fingerprint density at radius 1 is 1.58 bits per heavy atom. The molecule has 1 heterocycles. The van der Waals surface area contributed by atoms with Crippen molar-refractivity contribution in [2.75, 3.05) is 18.5 Å². The van der Waals surface area contributed by atoms with Gasteiger partial charge >= 0.3 is 0 Å². The Hall–Kier alpha value is -2.13. The topological polar surface area (TPSA) is 95.0 Å². The van der Waals surface area contributed by atoms with Crippen molar-refractivity contribution >= 4 is 11.7 Å². The number of nitrogens with two attached hydrogens (primary N) is 1. The minimum atomic E-state index is -0.180. The van der Waals surface area contributed by atoms with Gasteiger partial charge in [-0.1, -0.05) is 19.9 Å². The zero-order valence-corrected chi connectivity index (χ0v) is 11.3. The molecule has 1 aromatic heterocycles. The van der Waals surface area contributed by atoms with Crippen molar-refractivity contribution in [2.24, 2.45) is 11.8 Å². The molecule has 0 unspecified atom stereocenters. The van der Waals surface area contributed by atoms with Crippen LogP contribution in [0.2, 0.25) is 0 Å². The Kier molecular flexibility index (Phi) is 5.76. The van der Waals surface area contributed by atoms with Crippen LogP contribution in [0.25, 0.3) is 0 Å². The Labute approximate surface area is 113 Å². The van der Waals surface area contributed by atoms with E-state index in [1.54, 1.807) is 23.1 Å². The van der Waals surface area contributed by atoms with Crippen molar-refractivity contribution in [3.63, 3.8) is 0 Å². The largest absolute Gasteiger partial charge is 0.336 e. The zero-order chi connectivity index (χ0) is 14.3. The molecule has 6 nitrogen and oxygen atoms in total. The van der Waals surface area contributed by atoms with Crippen molar-refractivity contribution in [2.45, 2.75) is 20.3 Å². The number of amides is 1. The number of pyridine rings is 1. The van der Waals surface area contributed by atoms with Gasteiger partial charge in [-0.05, 0) is 18.1 Å². The van der Waals surface area contributed by atoms with Gasteiger partial charge in [-0.15, -0.1) is 0 Å². The van der Waals surface area contributed by atoms with E-state index in [9.17, 15) is 4.79 Å². The summed E-state index contributed by atoms with van der Waals surface area (Å²) >= 11 is 0. The minimum absolute atomic E-state index is 0.180. The van der Waals surface area contributed by atoms with Gasteiger partial charge in [0.2, 0.25) is 0 Å². The number of aromatic nitrogens is 1. The normalized spacial score (nSPS) is 10.1. The molecule has 19 heavy (non-hydrogen) atoms. The maximum atomic E-state index is 12.3. The summed E-state index contributed by atoms with van der Waals surface area (Å²) in [6, 6.07) is 7.09. The van der Waals surface area contributed by atoms with Crippen LogP contribution in [0.15, 0.2) is 18.2 Å². The lowest BCUT2D eigenvalue weighted by atomic mass is 10.2. The Balaban J connectivity index is 2.87. The molecule has 6 heteroatoms. The van der Waals surface area contributed by atoms with E-state index < -0.39 is 0 Å². The molecular formula is C13H19N5O. The summed E-state index contributed by atoms with van der Waals surface area (Å²) in [5, 5.41) is 8.65. The van der Waals surface area contributed by atoms with Crippen LogP contribution in [0.1, 0.15) is 30.8 Å². The second-order valence-electron chi connectivity index (χ2n) is 4.61. The zero-order valence-electron chi connectivity index (χ0n) is 11.3. The van der Waals surface area contributed by atoms with Crippen LogP contribution in [-0.2, 0) is 0 Å². The average molecular weight is 261 g/mol. The number of anilines is 1.